The van der Waals surface area contributed by atoms with Gasteiger partial charge in [0.25, 0.3) is 5.56 Å². The van der Waals surface area contributed by atoms with Gasteiger partial charge in [-0.05, 0) is 45.9 Å². The number of fused-ring (bicyclic) bond motifs is 2. The van der Waals surface area contributed by atoms with Crippen molar-refractivity contribution in [2.45, 2.75) is 46.4 Å². The highest BCUT2D eigenvalue weighted by Gasteiger charge is 2.35. The molecule has 1 atom stereocenters. The molecule has 0 spiro atoms. The van der Waals surface area contributed by atoms with Gasteiger partial charge in [-0.15, -0.1) is 6.58 Å². The Labute approximate surface area is 230 Å². The molecule has 1 aliphatic heterocycles. The first kappa shape index (κ1) is 26.4. The van der Waals surface area contributed by atoms with Crippen LogP contribution in [0.4, 0.5) is 0 Å². The van der Waals surface area contributed by atoms with Gasteiger partial charge in [0.15, 0.2) is 4.80 Å². The molecule has 8 heteroatoms. The van der Waals surface area contributed by atoms with Gasteiger partial charge in [-0.3, -0.25) is 9.36 Å². The summed E-state index contributed by atoms with van der Waals surface area (Å²) in [7, 11) is 0. The predicted octanol–water partition coefficient (Wildman–Crippen LogP) is 4.73. The van der Waals surface area contributed by atoms with Gasteiger partial charge in [-0.1, -0.05) is 53.8 Å². The monoisotopic (exact) mass is 541 g/mol. The highest BCUT2D eigenvalue weighted by atomic mass is 32.1. The van der Waals surface area contributed by atoms with E-state index in [4.69, 9.17) is 14.5 Å². The van der Waals surface area contributed by atoms with E-state index in [2.05, 4.69) is 17.2 Å². The fourth-order valence-electron chi connectivity index (χ4n) is 4.98. The topological polar surface area (TPSA) is 74.8 Å². The van der Waals surface area contributed by atoms with Gasteiger partial charge >= 0.3 is 5.97 Å². The van der Waals surface area contributed by atoms with Crippen LogP contribution in [0.3, 0.4) is 0 Å². The molecular weight excluding hydrogens is 510 g/mol. The third-order valence-electron chi connectivity index (χ3n) is 6.53. The average Bonchev–Trinajstić information content (AvgIpc) is 3.40. The second-order valence-electron chi connectivity index (χ2n) is 9.55. The van der Waals surface area contributed by atoms with Crippen LogP contribution in [0.25, 0.3) is 17.0 Å². The maximum atomic E-state index is 14.1. The van der Waals surface area contributed by atoms with E-state index in [0.29, 0.717) is 38.5 Å². The SMILES string of the molecule is C=CCn1cc(C=c2sc3n(c2=O)C(c2ccccc2OC(C)C)C(C(=O)OCC)=C(C)N=3)c2ccccc21. The number of ether oxygens (including phenoxy) is 2. The molecule has 200 valence electrons. The maximum absolute atomic E-state index is 14.1. The number of benzene rings is 2. The molecule has 0 amide bonds. The van der Waals surface area contributed by atoms with E-state index in [1.54, 1.807) is 18.4 Å². The summed E-state index contributed by atoms with van der Waals surface area (Å²) in [4.78, 5) is 32.5. The van der Waals surface area contributed by atoms with Gasteiger partial charge in [0, 0.05) is 34.8 Å². The summed E-state index contributed by atoms with van der Waals surface area (Å²) in [5.74, 6) is 0.112. The van der Waals surface area contributed by atoms with Crippen LogP contribution in [-0.2, 0) is 16.1 Å². The van der Waals surface area contributed by atoms with Crippen LogP contribution in [0.15, 0.2) is 88.4 Å². The number of hydrogen-bond acceptors (Lipinski definition) is 6. The number of carbonyl (C=O) groups is 1. The highest BCUT2D eigenvalue weighted by Crippen LogP contribution is 2.36. The van der Waals surface area contributed by atoms with Gasteiger partial charge in [-0.2, -0.15) is 0 Å². The molecule has 0 radical (unpaired) electrons. The Kier molecular flexibility index (Phi) is 7.39. The molecule has 7 nitrogen and oxygen atoms in total. The van der Waals surface area contributed by atoms with Gasteiger partial charge in [0.05, 0.1) is 28.5 Å². The largest absolute Gasteiger partial charge is 0.491 e. The molecule has 0 saturated heterocycles. The van der Waals surface area contributed by atoms with Crippen LogP contribution in [0.5, 0.6) is 5.75 Å². The molecule has 0 saturated carbocycles. The maximum Gasteiger partial charge on any atom is 0.338 e. The van der Waals surface area contributed by atoms with Crippen LogP contribution in [0, 0.1) is 0 Å². The van der Waals surface area contributed by atoms with Gasteiger partial charge in [0.2, 0.25) is 0 Å². The predicted molar refractivity (Wildman–Crippen MR) is 155 cm³/mol. The molecular formula is C31H31N3O4S. The normalized spacial score (nSPS) is 15.4. The van der Waals surface area contributed by atoms with E-state index >= 15 is 0 Å². The Bertz CT molecular complexity index is 1790. The molecule has 2 aromatic carbocycles. The first-order valence-electron chi connectivity index (χ1n) is 13.0. The summed E-state index contributed by atoms with van der Waals surface area (Å²) in [5, 5.41) is 1.04. The van der Waals surface area contributed by atoms with Crippen LogP contribution in [0.1, 0.15) is 44.9 Å². The van der Waals surface area contributed by atoms with Crippen molar-refractivity contribution in [3.8, 4) is 5.75 Å². The van der Waals surface area contributed by atoms with Crippen molar-refractivity contribution < 1.29 is 14.3 Å². The van der Waals surface area contributed by atoms with Crippen molar-refractivity contribution in [3.05, 3.63) is 109 Å². The van der Waals surface area contributed by atoms with Gasteiger partial charge in [0.1, 0.15) is 11.8 Å². The van der Waals surface area contributed by atoms with E-state index < -0.39 is 12.0 Å². The van der Waals surface area contributed by atoms with Gasteiger partial charge in [-0.25, -0.2) is 9.79 Å². The van der Waals surface area contributed by atoms with E-state index in [-0.39, 0.29) is 18.3 Å². The summed E-state index contributed by atoms with van der Waals surface area (Å²) in [6, 6.07) is 14.9. The first-order valence-corrected chi connectivity index (χ1v) is 13.8. The molecule has 0 fully saturated rings. The van der Waals surface area contributed by atoms with Crippen molar-refractivity contribution in [1.82, 2.24) is 9.13 Å². The number of carbonyl (C=O) groups excluding carboxylic acids is 1. The van der Waals surface area contributed by atoms with E-state index in [0.717, 1.165) is 16.5 Å². The van der Waals surface area contributed by atoms with Crippen LogP contribution in [0.2, 0.25) is 0 Å². The van der Waals surface area contributed by atoms with E-state index in [1.807, 2.05) is 74.7 Å². The molecule has 0 N–H and O–H groups in total. The second kappa shape index (κ2) is 10.9. The molecule has 2 aromatic heterocycles. The van der Waals surface area contributed by atoms with Gasteiger partial charge < -0.3 is 14.0 Å². The lowest BCUT2D eigenvalue weighted by atomic mass is 9.95. The Morgan fingerprint density at radius 2 is 1.92 bits per heavy atom. The van der Waals surface area contributed by atoms with Crippen molar-refractivity contribution in [3.63, 3.8) is 0 Å². The second-order valence-corrected chi connectivity index (χ2v) is 10.6. The number of esters is 1. The fourth-order valence-corrected chi connectivity index (χ4v) is 6.01. The Morgan fingerprint density at radius 3 is 2.67 bits per heavy atom. The number of rotatable bonds is 8. The Morgan fingerprint density at radius 1 is 1.18 bits per heavy atom. The summed E-state index contributed by atoms with van der Waals surface area (Å²) in [5.41, 5.74) is 3.33. The standard InChI is InChI=1S/C31H31N3O4S/c1-6-16-33-18-21(22-12-8-10-14-24(22)33)17-26-29(35)34-28(23-13-9-11-15-25(23)38-19(3)4)27(30(36)37-7-2)20(5)32-31(34)39-26/h6,8-15,17-19,28H,1,7,16H2,2-5H3. The number of aromatic nitrogens is 2. The number of nitrogens with zero attached hydrogens (tertiary/aromatic N) is 3. The smallest absolute Gasteiger partial charge is 0.338 e. The van der Waals surface area contributed by atoms with Crippen LogP contribution < -0.4 is 19.6 Å². The molecule has 1 aliphatic rings. The lowest BCUT2D eigenvalue weighted by Gasteiger charge is -2.26. The third kappa shape index (κ3) is 4.88. The Balaban J connectivity index is 1.76. The number of thiazole rings is 1. The minimum atomic E-state index is -0.737. The molecule has 4 aromatic rings. The first-order chi connectivity index (χ1) is 18.8. The molecule has 0 aliphatic carbocycles. The third-order valence-corrected chi connectivity index (χ3v) is 7.51. The number of hydrogen-bond donors (Lipinski definition) is 0. The van der Waals surface area contributed by atoms with Crippen LogP contribution >= 0.6 is 11.3 Å². The van der Waals surface area contributed by atoms with Crippen molar-refractivity contribution in [1.29, 1.82) is 0 Å². The molecule has 0 bridgehead atoms. The summed E-state index contributed by atoms with van der Waals surface area (Å²) >= 11 is 1.31. The fraction of sp³-hybridized carbons (Fsp3) is 0.258. The zero-order chi connectivity index (χ0) is 27.7. The summed E-state index contributed by atoms with van der Waals surface area (Å²) < 4.78 is 15.8. The average molecular weight is 542 g/mol. The number of para-hydroxylation sites is 2. The van der Waals surface area contributed by atoms with Crippen molar-refractivity contribution in [2.75, 3.05) is 6.61 Å². The molecule has 1 unspecified atom stereocenters. The summed E-state index contributed by atoms with van der Waals surface area (Å²) in [6.07, 6.45) is 5.69. The molecule has 5 rings (SSSR count). The zero-order valence-corrected chi connectivity index (χ0v) is 23.3. The van der Waals surface area contributed by atoms with E-state index in [1.165, 1.54) is 11.3 Å². The lowest BCUT2D eigenvalue weighted by molar-refractivity contribution is -0.139. The molecule has 3 heterocycles. The minimum Gasteiger partial charge on any atom is -0.491 e. The summed E-state index contributed by atoms with van der Waals surface area (Å²) in [6.45, 7) is 12.2. The van der Waals surface area contributed by atoms with E-state index in [9.17, 15) is 9.59 Å². The van der Waals surface area contributed by atoms with Crippen LogP contribution in [-0.4, -0.2) is 27.8 Å². The molecule has 39 heavy (non-hydrogen) atoms. The van der Waals surface area contributed by atoms with Crippen molar-refractivity contribution >= 4 is 34.3 Å². The van der Waals surface area contributed by atoms with Crippen molar-refractivity contribution in [2.24, 2.45) is 4.99 Å². The Hall–Kier alpha value is -4.17. The highest BCUT2D eigenvalue weighted by molar-refractivity contribution is 7.07. The zero-order valence-electron chi connectivity index (χ0n) is 22.5. The quantitative estimate of drug-likeness (QED) is 0.239. The number of allylic oxidation sites excluding steroid dienone is 2. The minimum absolute atomic E-state index is 0.0917. The lowest BCUT2D eigenvalue weighted by Crippen LogP contribution is -2.40.